The Balaban J connectivity index is 1.66. The Hall–Kier alpha value is -2.94. The van der Waals surface area contributed by atoms with E-state index in [1.54, 1.807) is 4.52 Å². The molecule has 0 spiro atoms. The van der Waals surface area contributed by atoms with Gasteiger partial charge in [-0.15, -0.1) is 5.10 Å². The van der Waals surface area contributed by atoms with Gasteiger partial charge in [-0.05, 0) is 18.2 Å². The quantitative estimate of drug-likeness (QED) is 0.523. The van der Waals surface area contributed by atoms with Crippen LogP contribution in [0.25, 0.3) is 15.9 Å². The normalized spacial score (nSPS) is 12.1. The van der Waals surface area contributed by atoms with Gasteiger partial charge in [0.2, 0.25) is 10.1 Å². The summed E-state index contributed by atoms with van der Waals surface area (Å²) >= 11 is 1.46. The third-order valence-corrected chi connectivity index (χ3v) is 4.70. The molecule has 3 aromatic heterocycles. The summed E-state index contributed by atoms with van der Waals surface area (Å²) in [5.41, 5.74) is 8.11. The van der Waals surface area contributed by atoms with Gasteiger partial charge in [-0.3, -0.25) is 9.89 Å². The van der Waals surface area contributed by atoms with Gasteiger partial charge in [0.15, 0.2) is 5.69 Å². The second-order valence-corrected chi connectivity index (χ2v) is 7.79. The first-order valence-corrected chi connectivity index (χ1v) is 8.54. The summed E-state index contributed by atoms with van der Waals surface area (Å²) < 4.78 is 1.78. The molecule has 1 aromatic carbocycles. The molecule has 0 radical (unpaired) electrons. The third-order valence-electron chi connectivity index (χ3n) is 3.86. The van der Waals surface area contributed by atoms with Crippen molar-refractivity contribution in [1.82, 2.24) is 24.8 Å². The van der Waals surface area contributed by atoms with Crippen LogP contribution in [0, 0.1) is 0 Å². The van der Waals surface area contributed by atoms with Crippen molar-refractivity contribution >= 4 is 43.9 Å². The monoisotopic (exact) mass is 355 g/mol. The molecule has 0 atom stereocenters. The second-order valence-electron chi connectivity index (χ2n) is 6.83. The van der Waals surface area contributed by atoms with Crippen molar-refractivity contribution in [1.29, 1.82) is 0 Å². The lowest BCUT2D eigenvalue weighted by Gasteiger charge is -2.13. The van der Waals surface area contributed by atoms with E-state index < -0.39 is 5.91 Å². The molecule has 0 aliphatic carbocycles. The smallest absolute Gasteiger partial charge is 0.269 e. The summed E-state index contributed by atoms with van der Waals surface area (Å²) in [5, 5.41) is 15.9. The average molecular weight is 355 g/mol. The van der Waals surface area contributed by atoms with Crippen LogP contribution in [0.1, 0.15) is 37.0 Å². The predicted octanol–water partition coefficient (Wildman–Crippen LogP) is 2.81. The largest absolute Gasteiger partial charge is 0.364 e. The predicted molar refractivity (Wildman–Crippen MR) is 97.5 cm³/mol. The number of benzene rings is 1. The summed E-state index contributed by atoms with van der Waals surface area (Å²) in [6.07, 6.45) is 1.95. The van der Waals surface area contributed by atoms with Crippen LogP contribution in [-0.2, 0) is 5.41 Å². The van der Waals surface area contributed by atoms with E-state index in [9.17, 15) is 4.79 Å². The Bertz CT molecular complexity index is 1070. The number of carbonyl (C=O) groups excluding carboxylic acids is 1. The highest BCUT2D eigenvalue weighted by Crippen LogP contribution is 2.28. The van der Waals surface area contributed by atoms with E-state index in [0.29, 0.717) is 10.5 Å². The molecular weight excluding hydrogens is 338 g/mol. The van der Waals surface area contributed by atoms with E-state index in [4.69, 9.17) is 5.73 Å². The van der Waals surface area contributed by atoms with Crippen LogP contribution in [0.5, 0.6) is 0 Å². The molecule has 0 aliphatic heterocycles. The lowest BCUT2D eigenvalue weighted by molar-refractivity contribution is 0.0997. The van der Waals surface area contributed by atoms with Crippen molar-refractivity contribution in [2.45, 2.75) is 26.2 Å². The first-order valence-electron chi connectivity index (χ1n) is 7.73. The molecule has 128 valence electrons. The van der Waals surface area contributed by atoms with Gasteiger partial charge < -0.3 is 11.1 Å². The fourth-order valence-electron chi connectivity index (χ4n) is 2.52. The Labute approximate surface area is 147 Å². The molecule has 9 heteroatoms. The molecule has 0 saturated carbocycles. The maximum Gasteiger partial charge on any atom is 0.269 e. The average Bonchev–Trinajstić information content (AvgIpc) is 3.17. The maximum absolute atomic E-state index is 11.4. The molecule has 3 heterocycles. The van der Waals surface area contributed by atoms with Gasteiger partial charge in [-0.25, -0.2) is 9.50 Å². The van der Waals surface area contributed by atoms with Crippen LogP contribution in [0.4, 0.5) is 10.8 Å². The van der Waals surface area contributed by atoms with Crippen LogP contribution in [0.2, 0.25) is 0 Å². The summed E-state index contributed by atoms with van der Waals surface area (Å²) in [7, 11) is 0. The number of carbonyl (C=O) groups is 1. The minimum Gasteiger partial charge on any atom is -0.364 e. The Kier molecular flexibility index (Phi) is 3.29. The first kappa shape index (κ1) is 15.6. The number of anilines is 2. The molecular formula is C16H17N7OS. The number of aromatic amines is 1. The summed E-state index contributed by atoms with van der Waals surface area (Å²) in [6.45, 7) is 6.36. The zero-order chi connectivity index (χ0) is 17.8. The van der Waals surface area contributed by atoms with Gasteiger partial charge in [0.05, 0.1) is 17.4 Å². The molecule has 4 rings (SSSR count). The summed E-state index contributed by atoms with van der Waals surface area (Å²) in [5.74, 6) is -0.564. The number of nitrogens with zero attached hydrogens (tertiary/aromatic N) is 4. The first-order chi connectivity index (χ1) is 11.8. The number of fused-ring (bicyclic) bond motifs is 2. The number of hydrogen-bond acceptors (Lipinski definition) is 6. The molecule has 4 aromatic rings. The number of nitrogens with one attached hydrogen (secondary N) is 2. The molecule has 0 unspecified atom stereocenters. The number of primary amides is 1. The Morgan fingerprint density at radius 2 is 2.16 bits per heavy atom. The lowest BCUT2D eigenvalue weighted by Crippen LogP contribution is -2.11. The Morgan fingerprint density at radius 1 is 1.36 bits per heavy atom. The molecule has 0 bridgehead atoms. The number of hydrogen-bond donors (Lipinski definition) is 3. The van der Waals surface area contributed by atoms with Gasteiger partial charge in [0, 0.05) is 16.5 Å². The number of aromatic nitrogens is 5. The number of rotatable bonds is 3. The van der Waals surface area contributed by atoms with Crippen LogP contribution in [-0.4, -0.2) is 30.7 Å². The molecule has 4 N–H and O–H groups in total. The van der Waals surface area contributed by atoms with Crippen molar-refractivity contribution in [2.24, 2.45) is 5.73 Å². The SMILES string of the molecule is CC(C)(C)c1cn2nc(Nc3ccc4[nH]nc(C(N)=O)c4c3)sc2n1. The topological polar surface area (TPSA) is 114 Å². The minimum atomic E-state index is -0.564. The molecule has 0 saturated heterocycles. The zero-order valence-corrected chi connectivity index (χ0v) is 14.8. The van der Waals surface area contributed by atoms with Crippen LogP contribution >= 0.6 is 11.3 Å². The number of amides is 1. The van der Waals surface area contributed by atoms with Gasteiger partial charge in [0.1, 0.15) is 0 Å². The van der Waals surface area contributed by atoms with E-state index in [-0.39, 0.29) is 11.1 Å². The lowest BCUT2D eigenvalue weighted by atomic mass is 9.93. The van der Waals surface area contributed by atoms with Crippen molar-refractivity contribution in [3.63, 3.8) is 0 Å². The van der Waals surface area contributed by atoms with E-state index in [1.165, 1.54) is 11.3 Å². The standard InChI is InChI=1S/C16H17N7OS/c1-16(2,3)11-7-23-15(19-11)25-14(22-23)18-8-4-5-10-9(6-8)12(13(17)24)21-20-10/h4-7H,1-3H3,(H2,17,24)(H,18,22)(H,20,21). The van der Waals surface area contributed by atoms with E-state index in [0.717, 1.165) is 21.9 Å². The van der Waals surface area contributed by atoms with Gasteiger partial charge in [-0.2, -0.15) is 5.10 Å². The molecule has 0 aliphatic rings. The minimum absolute atomic E-state index is 0.0154. The van der Waals surface area contributed by atoms with Crippen molar-refractivity contribution in [3.8, 4) is 0 Å². The van der Waals surface area contributed by atoms with Gasteiger partial charge in [0.25, 0.3) is 5.91 Å². The zero-order valence-electron chi connectivity index (χ0n) is 14.0. The number of nitrogens with two attached hydrogens (primary N) is 1. The van der Waals surface area contributed by atoms with Crippen molar-refractivity contribution in [3.05, 3.63) is 35.8 Å². The fourth-order valence-corrected chi connectivity index (χ4v) is 3.32. The summed E-state index contributed by atoms with van der Waals surface area (Å²) in [4.78, 5) is 16.9. The summed E-state index contributed by atoms with van der Waals surface area (Å²) in [6, 6.07) is 5.55. The second kappa shape index (κ2) is 5.28. The van der Waals surface area contributed by atoms with Crippen molar-refractivity contribution in [2.75, 3.05) is 5.32 Å². The van der Waals surface area contributed by atoms with Gasteiger partial charge >= 0.3 is 0 Å². The fraction of sp³-hybridized carbons (Fsp3) is 0.250. The number of imidazole rings is 1. The molecule has 25 heavy (non-hydrogen) atoms. The Morgan fingerprint density at radius 3 is 2.84 bits per heavy atom. The highest BCUT2D eigenvalue weighted by atomic mass is 32.1. The van der Waals surface area contributed by atoms with Crippen molar-refractivity contribution < 1.29 is 4.79 Å². The maximum atomic E-state index is 11.4. The van der Waals surface area contributed by atoms with Crippen LogP contribution in [0.15, 0.2) is 24.4 Å². The molecule has 8 nitrogen and oxygen atoms in total. The highest BCUT2D eigenvalue weighted by molar-refractivity contribution is 7.20. The van der Waals surface area contributed by atoms with Gasteiger partial charge in [-0.1, -0.05) is 32.1 Å². The number of H-pyrrole nitrogens is 1. The molecule has 0 fully saturated rings. The van der Waals surface area contributed by atoms with Crippen LogP contribution < -0.4 is 11.1 Å². The van der Waals surface area contributed by atoms with E-state index in [1.807, 2.05) is 24.4 Å². The third kappa shape index (κ3) is 2.72. The van der Waals surface area contributed by atoms with E-state index in [2.05, 4.69) is 46.4 Å². The molecule has 1 amide bonds. The van der Waals surface area contributed by atoms with E-state index >= 15 is 0 Å². The van der Waals surface area contributed by atoms with Crippen LogP contribution in [0.3, 0.4) is 0 Å². The highest BCUT2D eigenvalue weighted by Gasteiger charge is 2.19.